The number of likely N-dealkylation sites (N-methyl/N-ethyl adjacent to an activating group) is 1. The highest BCUT2D eigenvalue weighted by atomic mass is 79.9. The maximum Gasteiger partial charge on any atom is 0.259 e. The van der Waals surface area contributed by atoms with Gasteiger partial charge in [-0.15, -0.1) is 0 Å². The first-order valence-corrected chi connectivity index (χ1v) is 11.2. The Morgan fingerprint density at radius 3 is 2.65 bits per heavy atom. The molecule has 0 radical (unpaired) electrons. The minimum atomic E-state index is -0.317. The Morgan fingerprint density at radius 2 is 1.97 bits per heavy atom. The number of benzene rings is 2. The van der Waals surface area contributed by atoms with Gasteiger partial charge in [-0.2, -0.15) is 0 Å². The molecule has 1 fully saturated rings. The summed E-state index contributed by atoms with van der Waals surface area (Å²) in [5, 5.41) is 3.52. The number of nitrogens with one attached hydrogen (secondary N) is 1. The highest BCUT2D eigenvalue weighted by molar-refractivity contribution is 9.10. The Hall–Kier alpha value is -2.74. The van der Waals surface area contributed by atoms with Crippen LogP contribution in [0.1, 0.15) is 41.9 Å². The Bertz CT molecular complexity index is 1010. The van der Waals surface area contributed by atoms with E-state index in [1.54, 1.807) is 14.1 Å². The van der Waals surface area contributed by atoms with Crippen LogP contribution in [0.15, 0.2) is 40.9 Å². The summed E-state index contributed by atoms with van der Waals surface area (Å²) in [5.74, 6) is 0.894. The van der Waals surface area contributed by atoms with Crippen molar-refractivity contribution in [2.75, 3.05) is 32.6 Å². The maximum absolute atomic E-state index is 13.3. The minimum absolute atomic E-state index is 0.0350. The second-order valence-corrected chi connectivity index (χ2v) is 8.73. The molecule has 1 unspecified atom stereocenters. The third-order valence-electron chi connectivity index (χ3n) is 5.39. The van der Waals surface area contributed by atoms with Crippen LogP contribution < -0.4 is 14.8 Å². The van der Waals surface area contributed by atoms with E-state index in [9.17, 15) is 9.59 Å². The van der Waals surface area contributed by atoms with Gasteiger partial charge in [0, 0.05) is 25.8 Å². The first-order valence-electron chi connectivity index (χ1n) is 10.4. The van der Waals surface area contributed by atoms with Crippen molar-refractivity contribution in [3.63, 3.8) is 0 Å². The molecule has 0 aromatic heterocycles. The van der Waals surface area contributed by atoms with E-state index in [0.29, 0.717) is 28.1 Å². The van der Waals surface area contributed by atoms with E-state index >= 15 is 0 Å². The van der Waals surface area contributed by atoms with Crippen molar-refractivity contribution in [3.8, 4) is 11.5 Å². The van der Waals surface area contributed by atoms with Gasteiger partial charge in [0.05, 0.1) is 16.6 Å². The molecule has 7 nitrogen and oxygen atoms in total. The van der Waals surface area contributed by atoms with Crippen molar-refractivity contribution in [2.45, 2.75) is 32.0 Å². The fourth-order valence-corrected chi connectivity index (χ4v) is 4.23. The van der Waals surface area contributed by atoms with Crippen LogP contribution in [-0.2, 0) is 4.79 Å². The number of fused-ring (bicyclic) bond motifs is 1. The zero-order chi connectivity index (χ0) is 22.1. The van der Waals surface area contributed by atoms with Gasteiger partial charge >= 0.3 is 0 Å². The van der Waals surface area contributed by atoms with Gasteiger partial charge in [-0.25, -0.2) is 0 Å². The zero-order valence-electron chi connectivity index (χ0n) is 17.9. The lowest BCUT2D eigenvalue weighted by molar-refractivity contribution is -0.130. The van der Waals surface area contributed by atoms with Crippen LogP contribution in [0.25, 0.3) is 0 Å². The van der Waals surface area contributed by atoms with Gasteiger partial charge in [0.2, 0.25) is 0 Å². The Balaban J connectivity index is 1.70. The van der Waals surface area contributed by atoms with E-state index in [4.69, 9.17) is 9.47 Å². The molecule has 1 atom stereocenters. The van der Waals surface area contributed by atoms with Crippen molar-refractivity contribution in [1.82, 2.24) is 9.80 Å². The number of hydrogen-bond donors (Lipinski definition) is 1. The first kappa shape index (κ1) is 21.5. The molecule has 8 heteroatoms. The Kier molecular flexibility index (Phi) is 6.09. The average molecular weight is 488 g/mol. The summed E-state index contributed by atoms with van der Waals surface area (Å²) >= 11 is 3.58. The number of rotatable bonds is 7. The quantitative estimate of drug-likeness (QED) is 0.637. The number of nitrogens with zero attached hydrogens (tertiary/aromatic N) is 2. The molecule has 1 saturated carbocycles. The summed E-state index contributed by atoms with van der Waals surface area (Å²) in [6, 6.07) is 11.6. The van der Waals surface area contributed by atoms with E-state index in [1.807, 2.05) is 48.2 Å². The number of ether oxygens (including phenoxy) is 2. The number of carbonyl (C=O) groups excluding carboxylic acids is 2. The highest BCUT2D eigenvalue weighted by Crippen LogP contribution is 2.44. The van der Waals surface area contributed by atoms with Crippen LogP contribution in [0.2, 0.25) is 0 Å². The Morgan fingerprint density at radius 1 is 1.23 bits per heavy atom. The average Bonchev–Trinajstić information content (AvgIpc) is 3.58. The Labute approximate surface area is 190 Å². The molecule has 2 amide bonds. The zero-order valence-corrected chi connectivity index (χ0v) is 19.4. The molecule has 0 spiro atoms. The largest absolute Gasteiger partial charge is 0.490 e. The number of anilines is 1. The van der Waals surface area contributed by atoms with E-state index < -0.39 is 0 Å². The number of amides is 2. The molecule has 164 valence electrons. The predicted octanol–water partition coefficient (Wildman–Crippen LogP) is 4.04. The summed E-state index contributed by atoms with van der Waals surface area (Å²) in [6.07, 6.45) is 1.68. The van der Waals surface area contributed by atoms with Crippen LogP contribution in [0.3, 0.4) is 0 Å². The molecule has 4 rings (SSSR count). The third kappa shape index (κ3) is 4.35. The standard InChI is InChI=1S/C23H26BrN3O4/c1-4-30-19-12-14(11-17(24)21(19)31-13-20(28)26(2)3)22-25-18-8-6-5-7-16(18)23(29)27(22)15-9-10-15/h5-8,11-12,15,22,25H,4,9-10,13H2,1-3H3. The van der Waals surface area contributed by atoms with Gasteiger partial charge in [0.1, 0.15) is 6.17 Å². The fourth-order valence-electron chi connectivity index (χ4n) is 3.65. The second-order valence-electron chi connectivity index (χ2n) is 7.88. The molecule has 2 aromatic rings. The predicted molar refractivity (Wildman–Crippen MR) is 121 cm³/mol. The molecule has 2 aromatic carbocycles. The van der Waals surface area contributed by atoms with Crippen LogP contribution in [0.5, 0.6) is 11.5 Å². The van der Waals surface area contributed by atoms with Gasteiger partial charge in [-0.05, 0) is 65.5 Å². The van der Waals surface area contributed by atoms with Gasteiger partial charge in [0.15, 0.2) is 18.1 Å². The van der Waals surface area contributed by atoms with Crippen LogP contribution in [0, 0.1) is 0 Å². The van der Waals surface area contributed by atoms with Gasteiger partial charge in [-0.3, -0.25) is 9.59 Å². The summed E-state index contributed by atoms with van der Waals surface area (Å²) in [7, 11) is 3.37. The van der Waals surface area contributed by atoms with Crippen molar-refractivity contribution in [1.29, 1.82) is 0 Å². The number of carbonyl (C=O) groups is 2. The van der Waals surface area contributed by atoms with Crippen LogP contribution in [-0.4, -0.2) is 55.0 Å². The highest BCUT2D eigenvalue weighted by Gasteiger charge is 2.42. The molecular formula is C23H26BrN3O4. The summed E-state index contributed by atoms with van der Waals surface area (Å²) in [4.78, 5) is 28.6. The lowest BCUT2D eigenvalue weighted by Gasteiger charge is -2.38. The normalized spacial score (nSPS) is 17.6. The van der Waals surface area contributed by atoms with E-state index in [1.165, 1.54) is 4.90 Å². The fraction of sp³-hybridized carbons (Fsp3) is 0.391. The van der Waals surface area contributed by atoms with Crippen molar-refractivity contribution >= 4 is 33.4 Å². The molecule has 31 heavy (non-hydrogen) atoms. The molecule has 0 saturated heterocycles. The molecular weight excluding hydrogens is 462 g/mol. The van der Waals surface area contributed by atoms with Gasteiger partial charge in [-0.1, -0.05) is 12.1 Å². The third-order valence-corrected chi connectivity index (χ3v) is 5.98. The summed E-state index contributed by atoms with van der Waals surface area (Å²) in [5.41, 5.74) is 2.40. The van der Waals surface area contributed by atoms with Gasteiger partial charge in [0.25, 0.3) is 11.8 Å². The number of hydrogen-bond acceptors (Lipinski definition) is 5. The van der Waals surface area contributed by atoms with Crippen LogP contribution in [0.4, 0.5) is 5.69 Å². The first-order chi connectivity index (χ1) is 14.9. The topological polar surface area (TPSA) is 71.1 Å². The van der Waals surface area contributed by atoms with E-state index in [2.05, 4.69) is 21.2 Å². The molecule has 1 heterocycles. The minimum Gasteiger partial charge on any atom is -0.490 e. The van der Waals surface area contributed by atoms with E-state index in [-0.39, 0.29) is 30.6 Å². The van der Waals surface area contributed by atoms with Crippen molar-refractivity contribution in [3.05, 3.63) is 52.0 Å². The summed E-state index contributed by atoms with van der Waals surface area (Å²) in [6.45, 7) is 2.25. The summed E-state index contributed by atoms with van der Waals surface area (Å²) < 4.78 is 12.3. The number of para-hydroxylation sites is 1. The SMILES string of the molecule is CCOc1cc(C2Nc3ccccc3C(=O)N2C2CC2)cc(Br)c1OCC(=O)N(C)C. The molecule has 1 N–H and O–H groups in total. The van der Waals surface area contributed by atoms with Crippen molar-refractivity contribution in [2.24, 2.45) is 0 Å². The lowest BCUT2D eigenvalue weighted by atomic mass is 10.0. The van der Waals surface area contributed by atoms with Gasteiger partial charge < -0.3 is 24.6 Å². The monoisotopic (exact) mass is 487 g/mol. The maximum atomic E-state index is 13.3. The smallest absolute Gasteiger partial charge is 0.259 e. The lowest BCUT2D eigenvalue weighted by Crippen LogP contribution is -2.44. The molecule has 1 aliphatic carbocycles. The molecule has 2 aliphatic rings. The second kappa shape index (κ2) is 8.78. The van der Waals surface area contributed by atoms with Crippen molar-refractivity contribution < 1.29 is 19.1 Å². The van der Waals surface area contributed by atoms with Crippen LogP contribution >= 0.6 is 15.9 Å². The van der Waals surface area contributed by atoms with E-state index in [0.717, 1.165) is 24.1 Å². The molecule has 1 aliphatic heterocycles. The number of halogens is 1. The molecule has 0 bridgehead atoms.